The number of nitrogens with one attached hydrogen (secondary N) is 3. The minimum atomic E-state index is -0.672. The zero-order chi connectivity index (χ0) is 17.0. The topological polar surface area (TPSA) is 92.6 Å². The van der Waals surface area contributed by atoms with Crippen molar-refractivity contribution in [3.63, 3.8) is 0 Å². The molecule has 0 bridgehead atoms. The monoisotopic (exact) mass is 321 g/mol. The highest BCUT2D eigenvalue weighted by atomic mass is 16.5. The molecule has 0 saturated heterocycles. The average Bonchev–Trinajstić information content (AvgIpc) is 2.97. The molecule has 2 heterocycles. The second-order valence-electron chi connectivity index (χ2n) is 6.26. The van der Waals surface area contributed by atoms with Gasteiger partial charge in [0.15, 0.2) is 0 Å². The van der Waals surface area contributed by atoms with E-state index >= 15 is 0 Å². The Labute approximate surface area is 135 Å². The molecule has 1 aromatic rings. The van der Waals surface area contributed by atoms with Crippen LogP contribution in [0.4, 0.5) is 4.79 Å². The minimum absolute atomic E-state index is 0.164. The van der Waals surface area contributed by atoms with Gasteiger partial charge in [0.2, 0.25) is 0 Å². The van der Waals surface area contributed by atoms with Gasteiger partial charge >= 0.3 is 12.0 Å². The molecule has 1 atom stereocenters. The van der Waals surface area contributed by atoms with Gasteiger partial charge in [-0.2, -0.15) is 0 Å². The Balaban J connectivity index is 2.40. The summed E-state index contributed by atoms with van der Waals surface area (Å²) in [5.41, 5.74) is 0.671. The van der Waals surface area contributed by atoms with Crippen molar-refractivity contribution < 1.29 is 18.7 Å². The fraction of sp³-hybridized carbons (Fsp3) is 0.500. The Bertz CT molecular complexity index is 599. The molecule has 1 aliphatic heterocycles. The first-order valence-corrected chi connectivity index (χ1v) is 7.58. The van der Waals surface area contributed by atoms with Crippen LogP contribution >= 0.6 is 0 Å². The Kier molecular flexibility index (Phi) is 5.10. The number of urea groups is 1. The Morgan fingerprint density at radius 3 is 2.74 bits per heavy atom. The summed E-state index contributed by atoms with van der Waals surface area (Å²) in [6, 6.07) is 2.36. The van der Waals surface area contributed by atoms with Gasteiger partial charge in [-0.05, 0) is 39.8 Å². The maximum atomic E-state index is 12.4. The van der Waals surface area contributed by atoms with Crippen LogP contribution in [0.3, 0.4) is 0 Å². The summed E-state index contributed by atoms with van der Waals surface area (Å²) < 4.78 is 10.5. The SMILES string of the molecule is CCOC(=O)C1=C(CNC(C)(C)C)NC(=O)N[C@H]1c1ccco1. The van der Waals surface area contributed by atoms with Crippen LogP contribution in [0.15, 0.2) is 34.1 Å². The van der Waals surface area contributed by atoms with Gasteiger partial charge in [0.05, 0.1) is 18.4 Å². The maximum absolute atomic E-state index is 12.4. The molecule has 3 N–H and O–H groups in total. The molecule has 23 heavy (non-hydrogen) atoms. The zero-order valence-electron chi connectivity index (χ0n) is 13.9. The second kappa shape index (κ2) is 6.87. The minimum Gasteiger partial charge on any atom is -0.467 e. The molecular formula is C16H23N3O4. The highest BCUT2D eigenvalue weighted by Crippen LogP contribution is 2.28. The number of carbonyl (C=O) groups excluding carboxylic acids is 2. The van der Waals surface area contributed by atoms with Crippen molar-refractivity contribution in [1.29, 1.82) is 0 Å². The third kappa shape index (κ3) is 4.35. The lowest BCUT2D eigenvalue weighted by atomic mass is 9.99. The molecule has 7 nitrogen and oxygen atoms in total. The van der Waals surface area contributed by atoms with Crippen molar-refractivity contribution in [2.75, 3.05) is 13.2 Å². The van der Waals surface area contributed by atoms with Crippen LogP contribution in [0.2, 0.25) is 0 Å². The summed E-state index contributed by atoms with van der Waals surface area (Å²) in [5, 5.41) is 8.67. The quantitative estimate of drug-likeness (QED) is 0.720. The standard InChI is InChI=1S/C16H23N3O4/c1-5-22-14(20)12-10(9-17-16(2,3)4)18-15(21)19-13(12)11-7-6-8-23-11/h6-8,13,17H,5,9H2,1-4H3,(H2,18,19,21)/t13-/m0/s1. The highest BCUT2D eigenvalue weighted by molar-refractivity contribution is 5.95. The van der Waals surface area contributed by atoms with Crippen LogP contribution in [0.5, 0.6) is 0 Å². The molecule has 1 aliphatic rings. The van der Waals surface area contributed by atoms with Gasteiger partial charge in [0.25, 0.3) is 0 Å². The fourth-order valence-electron chi connectivity index (χ4n) is 2.23. The van der Waals surface area contributed by atoms with Crippen molar-refractivity contribution in [2.45, 2.75) is 39.3 Å². The number of esters is 1. The van der Waals surface area contributed by atoms with Crippen LogP contribution in [0.1, 0.15) is 39.5 Å². The Morgan fingerprint density at radius 2 is 2.17 bits per heavy atom. The molecule has 2 rings (SSSR count). The molecule has 0 fully saturated rings. The molecule has 0 saturated carbocycles. The number of hydrogen-bond acceptors (Lipinski definition) is 5. The number of carbonyl (C=O) groups is 2. The van der Waals surface area contributed by atoms with Crippen LogP contribution in [-0.4, -0.2) is 30.7 Å². The van der Waals surface area contributed by atoms with Crippen molar-refractivity contribution in [2.24, 2.45) is 0 Å². The van der Waals surface area contributed by atoms with Crippen molar-refractivity contribution >= 4 is 12.0 Å². The lowest BCUT2D eigenvalue weighted by molar-refractivity contribution is -0.139. The van der Waals surface area contributed by atoms with E-state index in [0.29, 0.717) is 23.6 Å². The van der Waals surface area contributed by atoms with Gasteiger partial charge < -0.3 is 25.1 Å². The number of rotatable bonds is 5. The smallest absolute Gasteiger partial charge is 0.338 e. The van der Waals surface area contributed by atoms with E-state index in [0.717, 1.165) is 0 Å². The molecule has 7 heteroatoms. The van der Waals surface area contributed by atoms with Crippen LogP contribution in [-0.2, 0) is 9.53 Å². The van der Waals surface area contributed by atoms with E-state index in [1.54, 1.807) is 19.1 Å². The Hall–Kier alpha value is -2.28. The number of amides is 2. The largest absolute Gasteiger partial charge is 0.467 e. The summed E-state index contributed by atoms with van der Waals surface area (Å²) in [7, 11) is 0. The number of furan rings is 1. The third-order valence-electron chi connectivity index (χ3n) is 3.27. The number of ether oxygens (including phenoxy) is 1. The molecule has 0 aliphatic carbocycles. The van der Waals surface area contributed by atoms with Gasteiger partial charge in [-0.25, -0.2) is 9.59 Å². The molecule has 126 valence electrons. The summed E-state index contributed by atoms with van der Waals surface area (Å²) in [4.78, 5) is 24.4. The van der Waals surface area contributed by atoms with E-state index in [2.05, 4.69) is 16.0 Å². The van der Waals surface area contributed by atoms with Crippen LogP contribution in [0.25, 0.3) is 0 Å². The van der Waals surface area contributed by atoms with Gasteiger partial charge in [0, 0.05) is 17.8 Å². The van der Waals surface area contributed by atoms with E-state index in [1.807, 2.05) is 20.8 Å². The Morgan fingerprint density at radius 1 is 1.43 bits per heavy atom. The van der Waals surface area contributed by atoms with Gasteiger partial charge in [-0.1, -0.05) is 0 Å². The molecular weight excluding hydrogens is 298 g/mol. The molecule has 0 aromatic carbocycles. The van der Waals surface area contributed by atoms with Crippen molar-refractivity contribution in [3.8, 4) is 0 Å². The first-order chi connectivity index (χ1) is 10.8. The molecule has 0 spiro atoms. The first-order valence-electron chi connectivity index (χ1n) is 7.58. The predicted molar refractivity (Wildman–Crippen MR) is 84.5 cm³/mol. The van der Waals surface area contributed by atoms with E-state index in [9.17, 15) is 9.59 Å². The lowest BCUT2D eigenvalue weighted by Gasteiger charge is -2.30. The van der Waals surface area contributed by atoms with Crippen LogP contribution in [0, 0.1) is 0 Å². The summed E-state index contributed by atoms with van der Waals surface area (Å²) >= 11 is 0. The maximum Gasteiger partial charge on any atom is 0.338 e. The second-order valence-corrected chi connectivity index (χ2v) is 6.26. The zero-order valence-corrected chi connectivity index (χ0v) is 13.9. The van der Waals surface area contributed by atoms with E-state index in [1.165, 1.54) is 6.26 Å². The van der Waals surface area contributed by atoms with E-state index in [-0.39, 0.29) is 18.2 Å². The summed E-state index contributed by atoms with van der Waals surface area (Å²) in [6.07, 6.45) is 1.50. The van der Waals surface area contributed by atoms with Crippen molar-refractivity contribution in [3.05, 3.63) is 35.4 Å². The summed E-state index contributed by atoms with van der Waals surface area (Å²) in [6.45, 7) is 8.34. The molecule has 1 aromatic heterocycles. The normalized spacial score (nSPS) is 18.4. The predicted octanol–water partition coefficient (Wildman–Crippen LogP) is 1.84. The van der Waals surface area contributed by atoms with E-state index < -0.39 is 12.0 Å². The molecule has 0 unspecified atom stereocenters. The fourth-order valence-corrected chi connectivity index (χ4v) is 2.23. The highest BCUT2D eigenvalue weighted by Gasteiger charge is 2.35. The van der Waals surface area contributed by atoms with Crippen LogP contribution < -0.4 is 16.0 Å². The number of hydrogen-bond donors (Lipinski definition) is 3. The summed E-state index contributed by atoms with van der Waals surface area (Å²) in [5.74, 6) is 0.00303. The van der Waals surface area contributed by atoms with Crippen molar-refractivity contribution in [1.82, 2.24) is 16.0 Å². The van der Waals surface area contributed by atoms with Gasteiger partial charge in [-0.15, -0.1) is 0 Å². The first kappa shape index (κ1) is 17.1. The third-order valence-corrected chi connectivity index (χ3v) is 3.27. The molecule has 0 radical (unpaired) electrons. The molecule has 2 amide bonds. The average molecular weight is 321 g/mol. The van der Waals surface area contributed by atoms with Gasteiger partial charge in [0.1, 0.15) is 11.8 Å². The lowest BCUT2D eigenvalue weighted by Crippen LogP contribution is -2.49. The van der Waals surface area contributed by atoms with Gasteiger partial charge in [-0.3, -0.25) is 0 Å². The van der Waals surface area contributed by atoms with E-state index in [4.69, 9.17) is 9.15 Å².